The lowest BCUT2D eigenvalue weighted by Crippen LogP contribution is -2.03. The molecular formula is C18H18N2O4. The number of aromatic nitrogens is 2. The lowest BCUT2D eigenvalue weighted by Gasteiger charge is -2.07. The van der Waals surface area contributed by atoms with Crippen LogP contribution in [0.3, 0.4) is 0 Å². The van der Waals surface area contributed by atoms with Crippen molar-refractivity contribution >= 4 is 17.0 Å². The predicted octanol–water partition coefficient (Wildman–Crippen LogP) is 2.79. The zero-order valence-corrected chi connectivity index (χ0v) is 13.5. The fraction of sp³-hybridized carbons (Fsp3) is 0.222. The smallest absolute Gasteiger partial charge is 0.307 e. The van der Waals surface area contributed by atoms with E-state index in [1.165, 1.54) is 0 Å². The van der Waals surface area contributed by atoms with E-state index in [9.17, 15) is 4.79 Å². The molecule has 124 valence electrons. The molecule has 0 aliphatic carbocycles. The van der Waals surface area contributed by atoms with Crippen molar-refractivity contribution in [1.29, 1.82) is 0 Å². The molecule has 6 nitrogen and oxygen atoms in total. The number of aliphatic carboxylic acids is 1. The van der Waals surface area contributed by atoms with Gasteiger partial charge in [0.2, 0.25) is 0 Å². The molecule has 0 atom stereocenters. The van der Waals surface area contributed by atoms with E-state index in [1.807, 2.05) is 48.0 Å². The predicted molar refractivity (Wildman–Crippen MR) is 89.4 cm³/mol. The first-order valence-electron chi connectivity index (χ1n) is 7.49. The molecule has 0 aliphatic heterocycles. The Bertz CT molecular complexity index is 886. The summed E-state index contributed by atoms with van der Waals surface area (Å²) in [4.78, 5) is 15.4. The summed E-state index contributed by atoms with van der Waals surface area (Å²) in [6.45, 7) is 0.312. The third kappa shape index (κ3) is 3.32. The Labute approximate surface area is 139 Å². The van der Waals surface area contributed by atoms with E-state index in [1.54, 1.807) is 13.2 Å². The first kappa shape index (κ1) is 15.9. The Morgan fingerprint density at radius 1 is 1.21 bits per heavy atom. The van der Waals surface area contributed by atoms with Crippen LogP contribution < -0.4 is 9.47 Å². The molecule has 6 heteroatoms. The minimum absolute atomic E-state index is 0.0117. The number of ether oxygens (including phenoxy) is 2. The van der Waals surface area contributed by atoms with Crippen molar-refractivity contribution in [2.24, 2.45) is 7.05 Å². The second-order valence-electron chi connectivity index (χ2n) is 5.45. The zero-order chi connectivity index (χ0) is 17.1. The number of rotatable bonds is 6. The van der Waals surface area contributed by atoms with E-state index < -0.39 is 5.97 Å². The van der Waals surface area contributed by atoms with Gasteiger partial charge in [0.05, 0.1) is 24.6 Å². The van der Waals surface area contributed by atoms with E-state index in [0.717, 1.165) is 28.2 Å². The van der Waals surface area contributed by atoms with Crippen LogP contribution in [0.5, 0.6) is 11.5 Å². The minimum atomic E-state index is -0.855. The number of benzene rings is 2. The molecule has 1 heterocycles. The highest BCUT2D eigenvalue weighted by molar-refractivity contribution is 5.79. The summed E-state index contributed by atoms with van der Waals surface area (Å²) in [5.74, 6) is 1.34. The van der Waals surface area contributed by atoms with Crippen LogP contribution in [-0.2, 0) is 24.9 Å². The number of hydrogen-bond donors (Lipinski definition) is 1. The molecule has 0 saturated carbocycles. The highest BCUT2D eigenvalue weighted by atomic mass is 16.5. The number of carboxylic acid groups (broad SMARTS) is 1. The summed E-state index contributed by atoms with van der Waals surface area (Å²) < 4.78 is 12.9. The number of carboxylic acids is 1. The summed E-state index contributed by atoms with van der Waals surface area (Å²) in [7, 11) is 3.52. The standard InChI is InChI=1S/C18H18N2O4/c1-20-16-7-6-12(9-18(21)22)8-15(16)19-17(20)11-24-14-5-3-4-13(10-14)23-2/h3-8,10H,9,11H2,1-2H3,(H,21,22). The highest BCUT2D eigenvalue weighted by Crippen LogP contribution is 2.21. The van der Waals surface area contributed by atoms with Crippen LogP contribution in [0.2, 0.25) is 0 Å². The molecule has 0 spiro atoms. The van der Waals surface area contributed by atoms with Gasteiger partial charge in [-0.15, -0.1) is 0 Å². The van der Waals surface area contributed by atoms with Crippen molar-refractivity contribution in [2.75, 3.05) is 7.11 Å². The highest BCUT2D eigenvalue weighted by Gasteiger charge is 2.10. The summed E-state index contributed by atoms with van der Waals surface area (Å²) in [5, 5.41) is 8.90. The number of carbonyl (C=O) groups is 1. The SMILES string of the molecule is COc1cccc(OCc2nc3cc(CC(=O)O)ccc3n2C)c1. The number of nitrogens with zero attached hydrogens (tertiary/aromatic N) is 2. The van der Waals surface area contributed by atoms with Gasteiger partial charge >= 0.3 is 5.97 Å². The molecule has 0 bridgehead atoms. The van der Waals surface area contributed by atoms with Gasteiger partial charge < -0.3 is 19.1 Å². The first-order valence-corrected chi connectivity index (χ1v) is 7.49. The van der Waals surface area contributed by atoms with Gasteiger partial charge in [0.15, 0.2) is 0 Å². The van der Waals surface area contributed by atoms with E-state index >= 15 is 0 Å². The average Bonchev–Trinajstić information content (AvgIpc) is 2.88. The summed E-state index contributed by atoms with van der Waals surface area (Å²) in [6.07, 6.45) is -0.0117. The summed E-state index contributed by atoms with van der Waals surface area (Å²) in [6, 6.07) is 12.9. The monoisotopic (exact) mass is 326 g/mol. The molecule has 3 aromatic rings. The van der Waals surface area contributed by atoms with E-state index in [0.29, 0.717) is 12.4 Å². The Hall–Kier alpha value is -3.02. The van der Waals surface area contributed by atoms with E-state index in [4.69, 9.17) is 14.6 Å². The van der Waals surface area contributed by atoms with Gasteiger partial charge in [-0.05, 0) is 29.8 Å². The quantitative estimate of drug-likeness (QED) is 0.754. The second-order valence-corrected chi connectivity index (χ2v) is 5.45. The third-order valence-corrected chi connectivity index (χ3v) is 3.80. The number of imidazole rings is 1. The van der Waals surface area contributed by atoms with Crippen LogP contribution in [0, 0.1) is 0 Å². The molecular weight excluding hydrogens is 308 g/mol. The summed E-state index contributed by atoms with van der Waals surface area (Å²) >= 11 is 0. The largest absolute Gasteiger partial charge is 0.497 e. The first-order chi connectivity index (χ1) is 11.6. The molecule has 1 aromatic heterocycles. The third-order valence-electron chi connectivity index (χ3n) is 3.80. The van der Waals surface area contributed by atoms with Gasteiger partial charge in [-0.3, -0.25) is 4.79 Å². The number of methoxy groups -OCH3 is 1. The van der Waals surface area contributed by atoms with Crippen LogP contribution in [0.25, 0.3) is 11.0 Å². The van der Waals surface area contributed by atoms with Crippen LogP contribution in [-0.4, -0.2) is 27.7 Å². The summed E-state index contributed by atoms with van der Waals surface area (Å²) in [5.41, 5.74) is 2.43. The maximum atomic E-state index is 10.8. The van der Waals surface area contributed by atoms with Crippen molar-refractivity contribution in [1.82, 2.24) is 9.55 Å². The Kier molecular flexibility index (Phi) is 4.37. The number of fused-ring (bicyclic) bond motifs is 1. The number of aryl methyl sites for hydroxylation is 1. The van der Waals surface area contributed by atoms with Crippen molar-refractivity contribution in [3.05, 3.63) is 53.9 Å². The Balaban J connectivity index is 1.81. The molecule has 1 N–H and O–H groups in total. The van der Waals surface area contributed by atoms with Gasteiger partial charge in [0.25, 0.3) is 0 Å². The molecule has 0 radical (unpaired) electrons. The van der Waals surface area contributed by atoms with Crippen molar-refractivity contribution in [3.8, 4) is 11.5 Å². The molecule has 2 aromatic carbocycles. The van der Waals surface area contributed by atoms with Gasteiger partial charge in [-0.1, -0.05) is 12.1 Å². The fourth-order valence-electron chi connectivity index (χ4n) is 2.55. The maximum Gasteiger partial charge on any atom is 0.307 e. The molecule has 0 saturated heterocycles. The fourth-order valence-corrected chi connectivity index (χ4v) is 2.55. The Morgan fingerprint density at radius 3 is 2.75 bits per heavy atom. The molecule has 0 fully saturated rings. The van der Waals surface area contributed by atoms with Gasteiger partial charge in [0.1, 0.15) is 23.9 Å². The Morgan fingerprint density at radius 2 is 2.00 bits per heavy atom. The topological polar surface area (TPSA) is 73.6 Å². The lowest BCUT2D eigenvalue weighted by atomic mass is 10.1. The molecule has 24 heavy (non-hydrogen) atoms. The average molecular weight is 326 g/mol. The van der Waals surface area contributed by atoms with Crippen molar-refractivity contribution in [3.63, 3.8) is 0 Å². The van der Waals surface area contributed by atoms with Crippen molar-refractivity contribution in [2.45, 2.75) is 13.0 Å². The van der Waals surface area contributed by atoms with Crippen LogP contribution in [0.1, 0.15) is 11.4 Å². The number of hydrogen-bond acceptors (Lipinski definition) is 4. The molecule has 3 rings (SSSR count). The second kappa shape index (κ2) is 6.62. The molecule has 0 amide bonds. The van der Waals surface area contributed by atoms with Crippen LogP contribution >= 0.6 is 0 Å². The zero-order valence-electron chi connectivity index (χ0n) is 13.5. The van der Waals surface area contributed by atoms with E-state index in [-0.39, 0.29) is 6.42 Å². The molecule has 0 unspecified atom stereocenters. The van der Waals surface area contributed by atoms with E-state index in [2.05, 4.69) is 4.98 Å². The van der Waals surface area contributed by atoms with Crippen LogP contribution in [0.4, 0.5) is 0 Å². The maximum absolute atomic E-state index is 10.8. The normalized spacial score (nSPS) is 10.8. The van der Waals surface area contributed by atoms with Gasteiger partial charge in [-0.2, -0.15) is 0 Å². The van der Waals surface area contributed by atoms with Gasteiger partial charge in [0, 0.05) is 13.1 Å². The van der Waals surface area contributed by atoms with Crippen molar-refractivity contribution < 1.29 is 19.4 Å². The van der Waals surface area contributed by atoms with Gasteiger partial charge in [-0.25, -0.2) is 4.98 Å². The molecule has 0 aliphatic rings. The minimum Gasteiger partial charge on any atom is -0.497 e. The lowest BCUT2D eigenvalue weighted by molar-refractivity contribution is -0.136. The van der Waals surface area contributed by atoms with Crippen LogP contribution in [0.15, 0.2) is 42.5 Å².